The maximum Gasteiger partial charge on any atom is 0.573 e. The number of ether oxygens (including phenoxy) is 3. The van der Waals surface area contributed by atoms with E-state index in [1.807, 2.05) is 0 Å². The Kier molecular flexibility index (Phi) is 7.50. The molecule has 37 heavy (non-hydrogen) atoms. The molecule has 3 N–H and O–H groups in total. The molecule has 0 saturated heterocycles. The summed E-state index contributed by atoms with van der Waals surface area (Å²) in [6.07, 6.45) is -10.2. The molecule has 0 fully saturated rings. The number of alkyl halides is 6. The first-order chi connectivity index (χ1) is 17.2. The predicted octanol–water partition coefficient (Wildman–Crippen LogP) is 5.90. The molecule has 3 aromatic rings. The highest BCUT2D eigenvalue weighted by atomic mass is 19.4. The van der Waals surface area contributed by atoms with E-state index in [-0.39, 0.29) is 22.7 Å². The first-order valence-electron chi connectivity index (χ1n) is 9.92. The zero-order chi connectivity index (χ0) is 27.5. The van der Waals surface area contributed by atoms with Gasteiger partial charge in [-0.2, -0.15) is 13.2 Å². The molecule has 14 heteroatoms. The number of benzene rings is 3. The van der Waals surface area contributed by atoms with Gasteiger partial charge in [-0.1, -0.05) is 6.07 Å². The van der Waals surface area contributed by atoms with Crippen LogP contribution in [-0.4, -0.2) is 25.3 Å². The van der Waals surface area contributed by atoms with E-state index in [4.69, 9.17) is 15.2 Å². The fourth-order valence-electron chi connectivity index (χ4n) is 3.07. The van der Waals surface area contributed by atoms with Crippen molar-refractivity contribution in [2.45, 2.75) is 12.5 Å². The second-order valence-corrected chi connectivity index (χ2v) is 7.16. The number of hydrogen-bond donors (Lipinski definition) is 2. The number of nitrogens with one attached hydrogen (secondary N) is 1. The number of carbonyl (C=O) groups is 2. The Morgan fingerprint density at radius 2 is 1.57 bits per heavy atom. The van der Waals surface area contributed by atoms with E-state index in [0.29, 0.717) is 12.1 Å². The Bertz CT molecular complexity index is 1340. The van der Waals surface area contributed by atoms with Crippen molar-refractivity contribution in [2.24, 2.45) is 5.73 Å². The van der Waals surface area contributed by atoms with Crippen LogP contribution in [0.5, 0.6) is 23.0 Å². The summed E-state index contributed by atoms with van der Waals surface area (Å²) in [5.41, 5.74) is 2.04. The number of carbonyl (C=O) groups excluding carboxylic acids is 2. The van der Waals surface area contributed by atoms with Gasteiger partial charge in [-0.3, -0.25) is 9.59 Å². The minimum atomic E-state index is -5.18. The highest BCUT2D eigenvalue weighted by molar-refractivity contribution is 6.07. The summed E-state index contributed by atoms with van der Waals surface area (Å²) in [6, 6.07) is 8.43. The molecule has 0 aliphatic carbocycles. The van der Waals surface area contributed by atoms with E-state index in [9.17, 15) is 35.9 Å². The van der Waals surface area contributed by atoms with Gasteiger partial charge in [-0.05, 0) is 42.5 Å². The second-order valence-electron chi connectivity index (χ2n) is 7.16. The van der Waals surface area contributed by atoms with Gasteiger partial charge in [0.2, 0.25) is 5.91 Å². The molecule has 0 spiro atoms. The Hall–Kier alpha value is -4.49. The lowest BCUT2D eigenvalue weighted by Crippen LogP contribution is -2.19. The summed E-state index contributed by atoms with van der Waals surface area (Å²) >= 11 is 0. The highest BCUT2D eigenvalue weighted by Crippen LogP contribution is 2.40. The molecule has 0 bridgehead atoms. The van der Waals surface area contributed by atoms with Gasteiger partial charge in [-0.15, -0.1) is 13.2 Å². The fraction of sp³-hybridized carbons (Fsp3) is 0.130. The minimum Gasteiger partial charge on any atom is -0.493 e. The molecule has 196 valence electrons. The summed E-state index contributed by atoms with van der Waals surface area (Å²) in [7, 11) is 1.05. The van der Waals surface area contributed by atoms with Crippen LogP contribution in [0.1, 0.15) is 26.3 Å². The predicted molar refractivity (Wildman–Crippen MR) is 114 cm³/mol. The molecule has 0 aromatic heterocycles. The third-order valence-corrected chi connectivity index (χ3v) is 4.63. The number of rotatable bonds is 7. The summed E-state index contributed by atoms with van der Waals surface area (Å²) < 4.78 is 107. The molecule has 0 saturated carbocycles. The van der Waals surface area contributed by atoms with Gasteiger partial charge in [0, 0.05) is 17.3 Å². The van der Waals surface area contributed by atoms with E-state index in [1.54, 1.807) is 0 Å². The van der Waals surface area contributed by atoms with Crippen molar-refractivity contribution in [1.82, 2.24) is 0 Å². The Morgan fingerprint density at radius 3 is 2.16 bits per heavy atom. The summed E-state index contributed by atoms with van der Waals surface area (Å²) in [5.74, 6) is -6.42. The van der Waals surface area contributed by atoms with E-state index < -0.39 is 52.8 Å². The molecule has 0 aliphatic heterocycles. The van der Waals surface area contributed by atoms with E-state index >= 15 is 4.39 Å². The molecule has 0 aliphatic rings. The van der Waals surface area contributed by atoms with Crippen LogP contribution in [0.2, 0.25) is 0 Å². The molecule has 3 rings (SSSR count). The van der Waals surface area contributed by atoms with Crippen molar-refractivity contribution in [2.75, 3.05) is 12.4 Å². The zero-order valence-electron chi connectivity index (χ0n) is 18.5. The number of primary amides is 1. The van der Waals surface area contributed by atoms with Crippen LogP contribution in [0.4, 0.5) is 36.4 Å². The summed E-state index contributed by atoms with van der Waals surface area (Å²) in [5, 5.41) is 2.15. The largest absolute Gasteiger partial charge is 0.573 e. The standard InChI is InChI=1S/C23H15F7N2O5/c1-35-17-10-13(37-23(28,29)30)5-7-15(17)36-16-8-6-14(22(25,26)27)19(24)18(16)21(34)32-12-4-2-3-11(9-12)20(31)33/h2-10H,1H3,(H2,31,33)(H,32,34). The average Bonchev–Trinajstić information content (AvgIpc) is 2.78. The average molecular weight is 532 g/mol. The van der Waals surface area contributed by atoms with Crippen molar-refractivity contribution in [3.05, 3.63) is 77.1 Å². The Balaban J connectivity index is 2.05. The lowest BCUT2D eigenvalue weighted by atomic mass is 10.1. The lowest BCUT2D eigenvalue weighted by Gasteiger charge is -2.18. The molecule has 2 amide bonds. The highest BCUT2D eigenvalue weighted by Gasteiger charge is 2.38. The third kappa shape index (κ3) is 6.59. The quantitative estimate of drug-likeness (QED) is 0.370. The van der Waals surface area contributed by atoms with Crippen molar-refractivity contribution in [3.63, 3.8) is 0 Å². The van der Waals surface area contributed by atoms with Crippen LogP contribution in [-0.2, 0) is 6.18 Å². The van der Waals surface area contributed by atoms with E-state index in [2.05, 4.69) is 10.1 Å². The summed E-state index contributed by atoms with van der Waals surface area (Å²) in [4.78, 5) is 24.2. The minimum absolute atomic E-state index is 0.0512. The third-order valence-electron chi connectivity index (χ3n) is 4.63. The SMILES string of the molecule is COc1cc(OC(F)(F)F)ccc1Oc1ccc(C(F)(F)F)c(F)c1C(=O)Nc1cccc(C(N)=O)c1. The van der Waals surface area contributed by atoms with E-state index in [1.165, 1.54) is 18.2 Å². The van der Waals surface area contributed by atoms with Crippen molar-refractivity contribution >= 4 is 17.5 Å². The van der Waals surface area contributed by atoms with Crippen LogP contribution in [0.25, 0.3) is 0 Å². The number of hydrogen-bond acceptors (Lipinski definition) is 5. The topological polar surface area (TPSA) is 99.9 Å². The van der Waals surface area contributed by atoms with Gasteiger partial charge in [0.1, 0.15) is 17.1 Å². The number of amides is 2. The van der Waals surface area contributed by atoms with Gasteiger partial charge in [0.05, 0.1) is 12.7 Å². The fourth-order valence-corrected chi connectivity index (χ4v) is 3.07. The molecular formula is C23H15F7N2O5. The molecule has 0 atom stereocenters. The lowest BCUT2D eigenvalue weighted by molar-refractivity contribution is -0.274. The van der Waals surface area contributed by atoms with E-state index in [0.717, 1.165) is 31.4 Å². The molecule has 3 aromatic carbocycles. The number of anilines is 1. The first-order valence-corrected chi connectivity index (χ1v) is 9.92. The summed E-state index contributed by atoms with van der Waals surface area (Å²) in [6.45, 7) is 0. The second kappa shape index (κ2) is 10.2. The number of methoxy groups -OCH3 is 1. The molecular weight excluding hydrogens is 517 g/mol. The maximum atomic E-state index is 15.0. The first kappa shape index (κ1) is 27.1. The van der Waals surface area contributed by atoms with Gasteiger partial charge in [0.25, 0.3) is 5.91 Å². The van der Waals surface area contributed by atoms with Crippen LogP contribution >= 0.6 is 0 Å². The van der Waals surface area contributed by atoms with Crippen LogP contribution in [0.3, 0.4) is 0 Å². The van der Waals surface area contributed by atoms with Crippen LogP contribution in [0.15, 0.2) is 54.6 Å². The van der Waals surface area contributed by atoms with Crippen molar-refractivity contribution in [3.8, 4) is 23.0 Å². The monoisotopic (exact) mass is 532 g/mol. The Labute approximate surface area is 203 Å². The van der Waals surface area contributed by atoms with Gasteiger partial charge in [-0.25, -0.2) is 4.39 Å². The molecule has 0 heterocycles. The van der Waals surface area contributed by atoms with Crippen molar-refractivity contribution in [1.29, 1.82) is 0 Å². The smallest absolute Gasteiger partial charge is 0.493 e. The number of nitrogens with two attached hydrogens (primary N) is 1. The molecule has 7 nitrogen and oxygen atoms in total. The normalized spacial score (nSPS) is 11.6. The molecule has 0 unspecified atom stereocenters. The Morgan fingerprint density at radius 1 is 0.892 bits per heavy atom. The van der Waals surface area contributed by atoms with Gasteiger partial charge < -0.3 is 25.3 Å². The van der Waals surface area contributed by atoms with Crippen molar-refractivity contribution < 1.29 is 54.5 Å². The maximum absolute atomic E-state index is 15.0. The number of halogens is 7. The van der Waals surface area contributed by atoms with Crippen LogP contribution in [0, 0.1) is 5.82 Å². The molecule has 0 radical (unpaired) electrons. The zero-order valence-corrected chi connectivity index (χ0v) is 18.5. The van der Waals surface area contributed by atoms with Crippen LogP contribution < -0.4 is 25.3 Å². The van der Waals surface area contributed by atoms with Gasteiger partial charge >= 0.3 is 12.5 Å². The van der Waals surface area contributed by atoms with Gasteiger partial charge in [0.15, 0.2) is 17.3 Å².